The lowest BCUT2D eigenvalue weighted by Gasteiger charge is -2.31. The number of rotatable bonds is 5. The van der Waals surface area contributed by atoms with Crippen LogP contribution in [0.3, 0.4) is 0 Å². The number of hydrogen-bond donors (Lipinski definition) is 3. The summed E-state index contributed by atoms with van der Waals surface area (Å²) in [5, 5.41) is 9.18. The topological polar surface area (TPSA) is 125 Å². The van der Waals surface area contributed by atoms with Gasteiger partial charge in [-0.2, -0.15) is 4.98 Å². The SMILES string of the molecule is CC(=O)N1CCC(c2ccc(Nc3ncnc(Nc4ccc5c(n4)NC(=O)C(C)(C)C5)n3)cc2)CC1. The molecule has 2 aliphatic rings. The number of amides is 2. The Morgan fingerprint density at radius 1 is 1.00 bits per heavy atom. The lowest BCUT2D eigenvalue weighted by atomic mass is 9.82. The summed E-state index contributed by atoms with van der Waals surface area (Å²) < 4.78 is 0. The second-order valence-electron chi connectivity index (χ2n) is 10.0. The number of piperidine rings is 1. The van der Waals surface area contributed by atoms with Crippen molar-refractivity contribution in [3.63, 3.8) is 0 Å². The molecule has 36 heavy (non-hydrogen) atoms. The third-order valence-corrected chi connectivity index (χ3v) is 6.85. The molecule has 0 atom stereocenters. The van der Waals surface area contributed by atoms with Crippen molar-refractivity contribution in [2.45, 2.75) is 46.0 Å². The quantitative estimate of drug-likeness (QED) is 0.494. The van der Waals surface area contributed by atoms with Crippen molar-refractivity contribution in [2.24, 2.45) is 5.41 Å². The Kier molecular flexibility index (Phi) is 6.26. The van der Waals surface area contributed by atoms with Gasteiger partial charge in [-0.15, -0.1) is 0 Å². The first-order valence-corrected chi connectivity index (χ1v) is 12.2. The van der Waals surface area contributed by atoms with Gasteiger partial charge in [-0.1, -0.05) is 32.0 Å². The smallest absolute Gasteiger partial charge is 0.233 e. The van der Waals surface area contributed by atoms with Crippen LogP contribution in [0.4, 0.5) is 29.2 Å². The highest BCUT2D eigenvalue weighted by molar-refractivity contribution is 5.97. The van der Waals surface area contributed by atoms with E-state index in [4.69, 9.17) is 0 Å². The van der Waals surface area contributed by atoms with Crippen molar-refractivity contribution in [3.05, 3.63) is 53.9 Å². The van der Waals surface area contributed by atoms with Crippen molar-refractivity contribution in [1.29, 1.82) is 0 Å². The molecule has 186 valence electrons. The maximum Gasteiger partial charge on any atom is 0.233 e. The Morgan fingerprint density at radius 3 is 2.39 bits per heavy atom. The monoisotopic (exact) mass is 486 g/mol. The predicted molar refractivity (Wildman–Crippen MR) is 137 cm³/mol. The number of fused-ring (bicyclic) bond motifs is 1. The van der Waals surface area contributed by atoms with Gasteiger partial charge in [0.2, 0.25) is 23.7 Å². The van der Waals surface area contributed by atoms with E-state index >= 15 is 0 Å². The number of hydrogen-bond acceptors (Lipinski definition) is 8. The molecule has 3 N–H and O–H groups in total. The third kappa shape index (κ3) is 5.12. The van der Waals surface area contributed by atoms with E-state index < -0.39 is 5.41 Å². The number of anilines is 5. The van der Waals surface area contributed by atoms with Crippen LogP contribution in [0.1, 0.15) is 50.7 Å². The molecule has 10 nitrogen and oxygen atoms in total. The van der Waals surface area contributed by atoms with Gasteiger partial charge < -0.3 is 20.9 Å². The van der Waals surface area contributed by atoms with E-state index in [2.05, 4.69) is 48.0 Å². The van der Waals surface area contributed by atoms with Gasteiger partial charge in [0.15, 0.2) is 0 Å². The van der Waals surface area contributed by atoms with Crippen molar-refractivity contribution >= 4 is 41.0 Å². The Hall–Kier alpha value is -4.08. The minimum absolute atomic E-state index is 0.0427. The largest absolute Gasteiger partial charge is 0.343 e. The lowest BCUT2D eigenvalue weighted by Crippen LogP contribution is -2.37. The first kappa shape index (κ1) is 23.7. The van der Waals surface area contributed by atoms with Gasteiger partial charge in [-0.25, -0.2) is 15.0 Å². The Morgan fingerprint density at radius 2 is 1.69 bits per heavy atom. The number of pyridine rings is 1. The van der Waals surface area contributed by atoms with E-state index in [1.165, 1.54) is 11.9 Å². The van der Waals surface area contributed by atoms with Gasteiger partial charge in [-0.05, 0) is 54.5 Å². The maximum atomic E-state index is 12.3. The summed E-state index contributed by atoms with van der Waals surface area (Å²) in [7, 11) is 0. The molecule has 10 heteroatoms. The van der Waals surface area contributed by atoms with Crippen LogP contribution in [-0.2, 0) is 16.0 Å². The summed E-state index contributed by atoms with van der Waals surface area (Å²) in [4.78, 5) is 43.1. The fourth-order valence-corrected chi connectivity index (χ4v) is 4.67. The summed E-state index contributed by atoms with van der Waals surface area (Å²) in [6.45, 7) is 7.09. The molecule has 0 saturated carbocycles. The zero-order valence-corrected chi connectivity index (χ0v) is 20.7. The molecular formula is C26H30N8O2. The summed E-state index contributed by atoms with van der Waals surface area (Å²) >= 11 is 0. The molecule has 1 saturated heterocycles. The summed E-state index contributed by atoms with van der Waals surface area (Å²) in [6, 6.07) is 12.1. The van der Waals surface area contributed by atoms with Crippen molar-refractivity contribution in [2.75, 3.05) is 29.0 Å². The van der Waals surface area contributed by atoms with E-state index in [9.17, 15) is 9.59 Å². The lowest BCUT2D eigenvalue weighted by molar-refractivity contribution is -0.129. The van der Waals surface area contributed by atoms with E-state index in [-0.39, 0.29) is 11.8 Å². The van der Waals surface area contributed by atoms with Crippen molar-refractivity contribution in [3.8, 4) is 0 Å². The van der Waals surface area contributed by atoms with Gasteiger partial charge >= 0.3 is 0 Å². The Bertz CT molecular complexity index is 1280. The highest BCUT2D eigenvalue weighted by Gasteiger charge is 2.34. The predicted octanol–water partition coefficient (Wildman–Crippen LogP) is 4.00. The first-order valence-electron chi connectivity index (χ1n) is 12.2. The standard InChI is InChI=1S/C26H30N8O2/c1-16(35)34-12-10-18(11-13-34)17-4-7-20(8-5-17)29-24-27-15-28-25(33-24)31-21-9-6-19-14-26(2,3)23(36)32-22(19)30-21/h4-9,15,18H,10-14H2,1-3H3,(H3,27,28,29,30,31,32,33,36). The van der Waals surface area contributed by atoms with E-state index in [0.29, 0.717) is 35.9 Å². The minimum Gasteiger partial charge on any atom is -0.343 e. The Labute approximate surface area is 210 Å². The van der Waals surface area contributed by atoms with Gasteiger partial charge in [-0.3, -0.25) is 9.59 Å². The molecule has 1 aromatic carbocycles. The fraction of sp³-hybridized carbons (Fsp3) is 0.385. The zero-order valence-electron chi connectivity index (χ0n) is 20.7. The molecule has 3 aromatic rings. The van der Waals surface area contributed by atoms with Gasteiger partial charge in [0.05, 0.1) is 0 Å². The average molecular weight is 487 g/mol. The van der Waals surface area contributed by atoms with Crippen molar-refractivity contribution < 1.29 is 9.59 Å². The molecule has 0 bridgehead atoms. The van der Waals surface area contributed by atoms with Gasteiger partial charge in [0.25, 0.3) is 0 Å². The molecule has 4 heterocycles. The minimum atomic E-state index is -0.455. The fourth-order valence-electron chi connectivity index (χ4n) is 4.67. The number of carbonyl (C=O) groups is 2. The molecule has 2 aliphatic heterocycles. The van der Waals surface area contributed by atoms with E-state index in [0.717, 1.165) is 37.2 Å². The molecule has 0 aliphatic carbocycles. The second-order valence-corrected chi connectivity index (χ2v) is 10.0. The van der Waals surface area contributed by atoms with E-state index in [1.807, 2.05) is 43.0 Å². The number of nitrogens with zero attached hydrogens (tertiary/aromatic N) is 5. The van der Waals surface area contributed by atoms with Crippen LogP contribution in [0.15, 0.2) is 42.7 Å². The maximum absolute atomic E-state index is 12.3. The van der Waals surface area contributed by atoms with Crippen LogP contribution in [-0.4, -0.2) is 49.7 Å². The van der Waals surface area contributed by atoms with E-state index in [1.54, 1.807) is 6.92 Å². The zero-order chi connectivity index (χ0) is 25.3. The molecule has 2 amide bonds. The van der Waals surface area contributed by atoms with Gasteiger partial charge in [0, 0.05) is 31.1 Å². The molecular weight excluding hydrogens is 456 g/mol. The number of likely N-dealkylation sites (tertiary alicyclic amines) is 1. The number of aromatic nitrogens is 4. The van der Waals surface area contributed by atoms with Crippen LogP contribution >= 0.6 is 0 Å². The number of carbonyl (C=O) groups excluding carboxylic acids is 2. The molecule has 2 aromatic heterocycles. The third-order valence-electron chi connectivity index (χ3n) is 6.85. The average Bonchev–Trinajstić information content (AvgIpc) is 2.86. The highest BCUT2D eigenvalue weighted by atomic mass is 16.2. The normalized spacial score (nSPS) is 17.2. The number of benzene rings is 1. The molecule has 0 spiro atoms. The molecule has 5 rings (SSSR count). The number of nitrogens with one attached hydrogen (secondary N) is 3. The molecule has 0 unspecified atom stereocenters. The Balaban J connectivity index is 1.22. The van der Waals surface area contributed by atoms with Gasteiger partial charge in [0.1, 0.15) is 18.0 Å². The molecule has 0 radical (unpaired) electrons. The second kappa shape index (κ2) is 9.52. The van der Waals surface area contributed by atoms with Crippen LogP contribution in [0.25, 0.3) is 0 Å². The first-order chi connectivity index (χ1) is 17.3. The summed E-state index contributed by atoms with van der Waals surface area (Å²) in [5.74, 6) is 2.41. The summed E-state index contributed by atoms with van der Waals surface area (Å²) in [6.07, 6.45) is 4.02. The molecule has 1 fully saturated rings. The van der Waals surface area contributed by atoms with Crippen molar-refractivity contribution in [1.82, 2.24) is 24.8 Å². The summed E-state index contributed by atoms with van der Waals surface area (Å²) in [5.41, 5.74) is 2.69. The van der Waals surface area contributed by atoms with Crippen LogP contribution in [0, 0.1) is 5.41 Å². The highest BCUT2D eigenvalue weighted by Crippen LogP contribution is 2.33. The van der Waals surface area contributed by atoms with Crippen LogP contribution in [0.2, 0.25) is 0 Å². The van der Waals surface area contributed by atoms with Crippen LogP contribution < -0.4 is 16.0 Å². The van der Waals surface area contributed by atoms with Crippen LogP contribution in [0.5, 0.6) is 0 Å².